The molecule has 0 N–H and O–H groups in total. The zero-order valence-electron chi connectivity index (χ0n) is 9.29. The summed E-state index contributed by atoms with van der Waals surface area (Å²) in [6.07, 6.45) is 1.12. The topological polar surface area (TPSA) is 68.3 Å². The van der Waals surface area contributed by atoms with Gasteiger partial charge in [0.25, 0.3) is 9.05 Å². The van der Waals surface area contributed by atoms with Gasteiger partial charge in [-0.2, -0.15) is 0 Å². The largest absolute Gasteiger partial charge is 0.261 e. The third-order valence-corrected chi connectivity index (χ3v) is 4.95. The van der Waals surface area contributed by atoms with Gasteiger partial charge < -0.3 is 0 Å². The molecule has 2 rings (SSSR count). The molecule has 2 aromatic carbocycles. The number of fused-ring (bicyclic) bond motifs is 1. The SMILES string of the molecule is CS(=O)(=O)c1ccc2cc(S(=O)(=O)Cl)ccc2c1. The summed E-state index contributed by atoms with van der Waals surface area (Å²) in [5, 5.41) is 1.26. The summed E-state index contributed by atoms with van der Waals surface area (Å²) in [4.78, 5) is 0.181. The van der Waals surface area contributed by atoms with E-state index in [1.807, 2.05) is 0 Å². The first-order valence-corrected chi connectivity index (χ1v) is 9.06. The molecular weight excluding hydrogens is 296 g/mol. The summed E-state index contributed by atoms with van der Waals surface area (Å²) < 4.78 is 45.1. The molecule has 4 nitrogen and oxygen atoms in total. The first-order valence-electron chi connectivity index (χ1n) is 4.86. The van der Waals surface area contributed by atoms with Gasteiger partial charge >= 0.3 is 0 Å². The summed E-state index contributed by atoms with van der Waals surface area (Å²) in [6.45, 7) is 0. The molecule has 96 valence electrons. The Morgan fingerprint density at radius 2 is 1.28 bits per heavy atom. The molecule has 0 heterocycles. The summed E-state index contributed by atoms with van der Waals surface area (Å²) in [7, 11) is -1.82. The van der Waals surface area contributed by atoms with Gasteiger partial charge in [0.1, 0.15) is 0 Å². The Balaban J connectivity index is 2.70. The molecule has 0 saturated carbocycles. The first kappa shape index (κ1) is 13.3. The highest BCUT2D eigenvalue weighted by Crippen LogP contribution is 2.24. The lowest BCUT2D eigenvalue weighted by atomic mass is 10.1. The van der Waals surface area contributed by atoms with Crippen LogP contribution in [0.4, 0.5) is 0 Å². The van der Waals surface area contributed by atoms with E-state index in [-0.39, 0.29) is 9.79 Å². The molecule has 0 aromatic heterocycles. The van der Waals surface area contributed by atoms with Gasteiger partial charge in [0.05, 0.1) is 9.79 Å². The quantitative estimate of drug-likeness (QED) is 0.797. The molecule has 0 amide bonds. The van der Waals surface area contributed by atoms with E-state index in [1.54, 1.807) is 6.07 Å². The second kappa shape index (κ2) is 4.22. The summed E-state index contributed by atoms with van der Waals surface area (Å²) in [6, 6.07) is 8.76. The molecule has 7 heteroatoms. The monoisotopic (exact) mass is 304 g/mol. The molecule has 0 spiro atoms. The van der Waals surface area contributed by atoms with Crippen LogP contribution in [0.5, 0.6) is 0 Å². The van der Waals surface area contributed by atoms with Crippen LogP contribution in [0, 0.1) is 0 Å². The lowest BCUT2D eigenvalue weighted by Gasteiger charge is -2.03. The van der Waals surface area contributed by atoms with Crippen molar-refractivity contribution in [3.63, 3.8) is 0 Å². The molecular formula is C11H9ClO4S2. The normalized spacial score (nSPS) is 12.8. The Kier molecular flexibility index (Phi) is 3.12. The van der Waals surface area contributed by atoms with E-state index < -0.39 is 18.9 Å². The maximum atomic E-state index is 11.4. The fourth-order valence-corrected chi connectivity index (χ4v) is 3.03. The molecule has 0 aliphatic heterocycles. The van der Waals surface area contributed by atoms with E-state index in [9.17, 15) is 16.8 Å². The maximum absolute atomic E-state index is 11.4. The fourth-order valence-electron chi connectivity index (χ4n) is 1.58. The average molecular weight is 305 g/mol. The van der Waals surface area contributed by atoms with E-state index in [0.717, 1.165) is 6.26 Å². The number of sulfone groups is 1. The molecule has 0 radical (unpaired) electrons. The van der Waals surface area contributed by atoms with Crippen LogP contribution < -0.4 is 0 Å². The van der Waals surface area contributed by atoms with Gasteiger partial charge in [0.2, 0.25) is 0 Å². The predicted molar refractivity (Wildman–Crippen MR) is 70.1 cm³/mol. The van der Waals surface area contributed by atoms with Crippen LogP contribution in [0.15, 0.2) is 46.2 Å². The highest BCUT2D eigenvalue weighted by Gasteiger charge is 2.12. The smallest absolute Gasteiger partial charge is 0.224 e. The highest BCUT2D eigenvalue weighted by atomic mass is 35.7. The summed E-state index contributed by atoms with van der Waals surface area (Å²) >= 11 is 0. The van der Waals surface area contributed by atoms with Crippen molar-refractivity contribution < 1.29 is 16.8 Å². The van der Waals surface area contributed by atoms with Gasteiger partial charge in [-0.3, -0.25) is 0 Å². The second-order valence-corrected chi connectivity index (χ2v) is 8.46. The van der Waals surface area contributed by atoms with Crippen LogP contribution >= 0.6 is 10.7 Å². The Bertz CT molecular complexity index is 752. The maximum Gasteiger partial charge on any atom is 0.261 e. The van der Waals surface area contributed by atoms with E-state index >= 15 is 0 Å². The van der Waals surface area contributed by atoms with E-state index in [4.69, 9.17) is 10.7 Å². The summed E-state index contributed by atoms with van der Waals surface area (Å²) in [5.41, 5.74) is 0. The molecule has 0 aliphatic rings. The van der Waals surface area contributed by atoms with Crippen molar-refractivity contribution in [1.29, 1.82) is 0 Å². The van der Waals surface area contributed by atoms with Crippen LogP contribution in [-0.4, -0.2) is 23.1 Å². The average Bonchev–Trinajstić information content (AvgIpc) is 2.25. The first-order chi connectivity index (χ1) is 8.18. The predicted octanol–water partition coefficient (Wildman–Crippen LogP) is 2.17. The molecule has 18 heavy (non-hydrogen) atoms. The zero-order valence-corrected chi connectivity index (χ0v) is 11.7. The van der Waals surface area contributed by atoms with Crippen molar-refractivity contribution in [3.8, 4) is 0 Å². The zero-order chi connectivity index (χ0) is 13.6. The van der Waals surface area contributed by atoms with E-state index in [0.29, 0.717) is 10.8 Å². The van der Waals surface area contributed by atoms with Crippen molar-refractivity contribution in [2.75, 3.05) is 6.26 Å². The number of halogens is 1. The van der Waals surface area contributed by atoms with Gasteiger partial charge in [-0.25, -0.2) is 16.8 Å². The van der Waals surface area contributed by atoms with Gasteiger partial charge in [-0.15, -0.1) is 0 Å². The number of hydrogen-bond donors (Lipinski definition) is 0. The lowest BCUT2D eigenvalue weighted by Crippen LogP contribution is -1.96. The Hall–Kier alpha value is -1.11. The standard InChI is InChI=1S/C11H9ClO4S2/c1-17(13,14)10-4-2-9-7-11(18(12,15)16)5-3-8(9)6-10/h2-7H,1H3. The summed E-state index contributed by atoms with van der Waals surface area (Å²) in [5.74, 6) is 0. The molecule has 0 unspecified atom stereocenters. The number of rotatable bonds is 2. The van der Waals surface area contributed by atoms with Crippen molar-refractivity contribution in [2.45, 2.75) is 9.79 Å². The van der Waals surface area contributed by atoms with E-state index in [1.165, 1.54) is 30.3 Å². The van der Waals surface area contributed by atoms with E-state index in [2.05, 4.69) is 0 Å². The fraction of sp³-hybridized carbons (Fsp3) is 0.0909. The van der Waals surface area contributed by atoms with Gasteiger partial charge in [-0.1, -0.05) is 12.1 Å². The molecule has 0 bridgehead atoms. The molecule has 0 fully saturated rings. The van der Waals surface area contributed by atoms with Crippen LogP contribution in [0.3, 0.4) is 0 Å². The van der Waals surface area contributed by atoms with Crippen LogP contribution in [0.1, 0.15) is 0 Å². The third-order valence-electron chi connectivity index (χ3n) is 2.49. The molecule has 0 aliphatic carbocycles. The Labute approximate surface area is 110 Å². The second-order valence-electron chi connectivity index (χ2n) is 3.88. The third kappa shape index (κ3) is 2.66. The Morgan fingerprint density at radius 3 is 1.72 bits per heavy atom. The highest BCUT2D eigenvalue weighted by molar-refractivity contribution is 8.13. The minimum absolute atomic E-state index is 0.0104. The molecule has 0 saturated heterocycles. The van der Waals surface area contributed by atoms with Gasteiger partial charge in [-0.05, 0) is 35.0 Å². The minimum Gasteiger partial charge on any atom is -0.224 e. The van der Waals surface area contributed by atoms with Gasteiger partial charge in [0.15, 0.2) is 9.84 Å². The van der Waals surface area contributed by atoms with Crippen LogP contribution in [-0.2, 0) is 18.9 Å². The molecule has 2 aromatic rings. The van der Waals surface area contributed by atoms with Crippen molar-refractivity contribution >= 4 is 40.3 Å². The number of hydrogen-bond acceptors (Lipinski definition) is 4. The van der Waals surface area contributed by atoms with Crippen LogP contribution in [0.25, 0.3) is 10.8 Å². The number of benzene rings is 2. The van der Waals surface area contributed by atoms with Gasteiger partial charge in [0, 0.05) is 16.9 Å². The lowest BCUT2D eigenvalue weighted by molar-refractivity contribution is 0.601. The Morgan fingerprint density at radius 1 is 0.833 bits per heavy atom. The van der Waals surface area contributed by atoms with Crippen molar-refractivity contribution in [3.05, 3.63) is 36.4 Å². The molecule has 0 atom stereocenters. The minimum atomic E-state index is -3.78. The van der Waals surface area contributed by atoms with Crippen molar-refractivity contribution in [1.82, 2.24) is 0 Å². The van der Waals surface area contributed by atoms with Crippen LogP contribution in [0.2, 0.25) is 0 Å². The van der Waals surface area contributed by atoms with Crippen molar-refractivity contribution in [2.24, 2.45) is 0 Å².